The maximum atomic E-state index is 14.0. The van der Waals surface area contributed by atoms with Gasteiger partial charge in [0.2, 0.25) is 5.95 Å². The summed E-state index contributed by atoms with van der Waals surface area (Å²) in [5.74, 6) is -0.361. The number of fused-ring (bicyclic) bond motifs is 1. The molecule has 1 saturated carbocycles. The van der Waals surface area contributed by atoms with E-state index in [2.05, 4.69) is 15.5 Å². The van der Waals surface area contributed by atoms with Gasteiger partial charge in [0, 0.05) is 32.2 Å². The van der Waals surface area contributed by atoms with Crippen LogP contribution in [0.3, 0.4) is 0 Å². The first-order chi connectivity index (χ1) is 15.8. The molecule has 4 rings (SSSR count). The summed E-state index contributed by atoms with van der Waals surface area (Å²) < 4.78 is 27.6. The number of nitrogens with one attached hydrogen (secondary N) is 2. The maximum Gasteiger partial charge on any atom is 0.255 e. The van der Waals surface area contributed by atoms with Gasteiger partial charge in [0.05, 0.1) is 16.3 Å². The molecule has 0 bridgehead atoms. The predicted octanol–water partition coefficient (Wildman–Crippen LogP) is 4.75. The first-order valence-electron chi connectivity index (χ1n) is 11.6. The lowest BCUT2D eigenvalue weighted by Gasteiger charge is -2.30. The highest BCUT2D eigenvalue weighted by Crippen LogP contribution is 2.30. The highest BCUT2D eigenvalue weighted by atomic mass is 35.5. The lowest BCUT2D eigenvalue weighted by atomic mass is 9.86. The number of aryl methyl sites for hydroxylation is 1. The van der Waals surface area contributed by atoms with Gasteiger partial charge >= 0.3 is 0 Å². The smallest absolute Gasteiger partial charge is 0.255 e. The van der Waals surface area contributed by atoms with Crippen molar-refractivity contribution in [3.05, 3.63) is 45.6 Å². The molecule has 1 fully saturated rings. The Morgan fingerprint density at radius 1 is 1.09 bits per heavy atom. The zero-order chi connectivity index (χ0) is 23.5. The van der Waals surface area contributed by atoms with E-state index in [-0.39, 0.29) is 12.0 Å². The summed E-state index contributed by atoms with van der Waals surface area (Å²) in [6.45, 7) is 0.401. The van der Waals surface area contributed by atoms with Crippen molar-refractivity contribution in [3.8, 4) is 0 Å². The first kappa shape index (κ1) is 23.7. The normalized spacial score (nSPS) is 20.2. The number of nitrogens with zero attached hydrogens (tertiary/aromatic N) is 3. The first-order valence-corrected chi connectivity index (χ1v) is 12.0. The SMILES string of the molecule is CN(C)c1nc(NC2CCC(CNC(=O)c3c(F)ccc(F)c3Cl)CC2)nc2c1CCCC2. The minimum Gasteiger partial charge on any atom is -0.362 e. The minimum atomic E-state index is -0.825. The quantitative estimate of drug-likeness (QED) is 0.587. The average molecular weight is 478 g/mol. The van der Waals surface area contributed by atoms with Gasteiger partial charge in [0.15, 0.2) is 0 Å². The Balaban J connectivity index is 1.31. The van der Waals surface area contributed by atoms with Crippen LogP contribution in [0.2, 0.25) is 5.02 Å². The number of benzene rings is 1. The second kappa shape index (κ2) is 10.2. The Bertz CT molecular complexity index is 1020. The predicted molar refractivity (Wildman–Crippen MR) is 126 cm³/mol. The molecule has 0 spiro atoms. The number of carbonyl (C=O) groups excluding carboxylic acids is 1. The van der Waals surface area contributed by atoms with Gasteiger partial charge in [-0.15, -0.1) is 0 Å². The highest BCUT2D eigenvalue weighted by molar-refractivity contribution is 6.34. The molecule has 1 aromatic carbocycles. The fourth-order valence-corrected chi connectivity index (χ4v) is 5.00. The zero-order valence-corrected chi connectivity index (χ0v) is 19.8. The standard InChI is InChI=1S/C24H30ClF2N5O/c1-32(2)22-16-5-3-4-6-19(16)30-24(31-22)29-15-9-7-14(8-10-15)13-28-23(33)20-17(26)11-12-18(27)21(20)25/h11-12,14-15H,3-10,13H2,1-2H3,(H,28,33)(H,29,30,31). The van der Waals surface area contributed by atoms with Gasteiger partial charge in [0.25, 0.3) is 5.91 Å². The number of halogens is 3. The van der Waals surface area contributed by atoms with Gasteiger partial charge in [-0.1, -0.05) is 11.6 Å². The van der Waals surface area contributed by atoms with Crippen molar-refractivity contribution in [1.29, 1.82) is 0 Å². The molecule has 6 nitrogen and oxygen atoms in total. The molecule has 33 heavy (non-hydrogen) atoms. The summed E-state index contributed by atoms with van der Waals surface area (Å²) in [7, 11) is 4.03. The number of rotatable bonds is 6. The molecule has 2 N–H and O–H groups in total. The molecule has 0 radical (unpaired) electrons. The van der Waals surface area contributed by atoms with Crippen molar-refractivity contribution in [2.24, 2.45) is 5.92 Å². The van der Waals surface area contributed by atoms with Crippen LogP contribution in [0.25, 0.3) is 0 Å². The molecule has 0 saturated heterocycles. The summed E-state index contributed by atoms with van der Waals surface area (Å²) in [4.78, 5) is 24.0. The Hall–Kier alpha value is -2.48. The molecule has 1 heterocycles. The monoisotopic (exact) mass is 477 g/mol. The van der Waals surface area contributed by atoms with Crippen LogP contribution in [-0.4, -0.2) is 42.6 Å². The van der Waals surface area contributed by atoms with Gasteiger partial charge in [-0.25, -0.2) is 13.8 Å². The van der Waals surface area contributed by atoms with E-state index in [1.165, 1.54) is 12.0 Å². The molecular weight excluding hydrogens is 448 g/mol. The van der Waals surface area contributed by atoms with Crippen molar-refractivity contribution < 1.29 is 13.6 Å². The van der Waals surface area contributed by atoms with Crippen LogP contribution in [0.4, 0.5) is 20.5 Å². The average Bonchev–Trinajstić information content (AvgIpc) is 2.80. The molecule has 0 atom stereocenters. The minimum absolute atomic E-state index is 0.267. The molecule has 1 aromatic heterocycles. The third-order valence-corrected chi connectivity index (χ3v) is 6.96. The number of anilines is 2. The third-order valence-electron chi connectivity index (χ3n) is 6.59. The largest absolute Gasteiger partial charge is 0.362 e. The number of amides is 1. The van der Waals surface area contributed by atoms with Crippen LogP contribution in [-0.2, 0) is 12.8 Å². The lowest BCUT2D eigenvalue weighted by Crippen LogP contribution is -2.34. The number of hydrogen-bond acceptors (Lipinski definition) is 5. The van der Waals surface area contributed by atoms with E-state index in [9.17, 15) is 13.6 Å². The van der Waals surface area contributed by atoms with E-state index in [1.54, 1.807) is 0 Å². The molecule has 2 aromatic rings. The zero-order valence-electron chi connectivity index (χ0n) is 19.1. The summed E-state index contributed by atoms with van der Waals surface area (Å²) in [5, 5.41) is 5.75. The van der Waals surface area contributed by atoms with Crippen molar-refractivity contribution in [2.45, 2.75) is 57.4 Å². The van der Waals surface area contributed by atoms with Crippen molar-refractivity contribution >= 4 is 29.3 Å². The van der Waals surface area contributed by atoms with E-state index < -0.39 is 28.1 Å². The van der Waals surface area contributed by atoms with E-state index in [0.29, 0.717) is 12.5 Å². The second-order valence-corrected chi connectivity index (χ2v) is 9.57. The van der Waals surface area contributed by atoms with Gasteiger partial charge in [-0.3, -0.25) is 4.79 Å². The van der Waals surface area contributed by atoms with E-state index in [1.807, 2.05) is 14.1 Å². The Kier molecular flexibility index (Phi) is 7.32. The van der Waals surface area contributed by atoms with Crippen LogP contribution < -0.4 is 15.5 Å². The van der Waals surface area contributed by atoms with Gasteiger partial charge in [-0.05, 0) is 69.4 Å². The number of carbonyl (C=O) groups is 1. The Morgan fingerprint density at radius 3 is 2.52 bits per heavy atom. The van der Waals surface area contributed by atoms with E-state index >= 15 is 0 Å². The fraction of sp³-hybridized carbons (Fsp3) is 0.542. The van der Waals surface area contributed by atoms with Crippen LogP contribution >= 0.6 is 11.6 Å². The Morgan fingerprint density at radius 2 is 1.79 bits per heavy atom. The fourth-order valence-electron chi connectivity index (χ4n) is 4.76. The van der Waals surface area contributed by atoms with Gasteiger partial charge < -0.3 is 15.5 Å². The van der Waals surface area contributed by atoms with Crippen LogP contribution in [0.15, 0.2) is 12.1 Å². The molecule has 2 aliphatic carbocycles. The van der Waals surface area contributed by atoms with Gasteiger partial charge in [0.1, 0.15) is 17.5 Å². The van der Waals surface area contributed by atoms with Crippen molar-refractivity contribution in [1.82, 2.24) is 15.3 Å². The van der Waals surface area contributed by atoms with Crippen LogP contribution in [0.1, 0.15) is 60.1 Å². The molecular formula is C24H30ClF2N5O. The number of hydrogen-bond donors (Lipinski definition) is 2. The van der Waals surface area contributed by atoms with Gasteiger partial charge in [-0.2, -0.15) is 4.98 Å². The molecule has 0 aliphatic heterocycles. The third kappa shape index (κ3) is 5.37. The lowest BCUT2D eigenvalue weighted by molar-refractivity contribution is 0.0939. The van der Waals surface area contributed by atoms with Crippen LogP contribution in [0, 0.1) is 17.6 Å². The van der Waals surface area contributed by atoms with Crippen molar-refractivity contribution in [3.63, 3.8) is 0 Å². The summed E-state index contributed by atoms with van der Waals surface area (Å²) in [6, 6.07) is 2.09. The summed E-state index contributed by atoms with van der Waals surface area (Å²) in [5.41, 5.74) is 1.99. The Labute approximate surface area is 198 Å². The van der Waals surface area contributed by atoms with E-state index in [4.69, 9.17) is 21.6 Å². The maximum absolute atomic E-state index is 14.0. The molecule has 9 heteroatoms. The molecule has 1 amide bonds. The number of aromatic nitrogens is 2. The highest BCUT2D eigenvalue weighted by Gasteiger charge is 2.25. The molecule has 178 valence electrons. The summed E-state index contributed by atoms with van der Waals surface area (Å²) >= 11 is 5.79. The molecule has 0 unspecified atom stereocenters. The summed E-state index contributed by atoms with van der Waals surface area (Å²) in [6.07, 6.45) is 8.03. The van der Waals surface area contributed by atoms with Crippen LogP contribution in [0.5, 0.6) is 0 Å². The molecule has 2 aliphatic rings. The van der Waals surface area contributed by atoms with E-state index in [0.717, 1.165) is 68.6 Å². The van der Waals surface area contributed by atoms with Crippen molar-refractivity contribution in [2.75, 3.05) is 30.9 Å². The second-order valence-electron chi connectivity index (χ2n) is 9.19. The topological polar surface area (TPSA) is 70.2 Å².